The number of benzene rings is 1. The van der Waals surface area contributed by atoms with Gasteiger partial charge in [0.2, 0.25) is 5.95 Å². The molecule has 29 heavy (non-hydrogen) atoms. The van der Waals surface area contributed by atoms with Crippen LogP contribution < -0.4 is 10.5 Å². The molecule has 0 bridgehead atoms. The molecule has 1 aromatic carbocycles. The monoisotopic (exact) mass is 392 g/mol. The van der Waals surface area contributed by atoms with Crippen LogP contribution in [-0.2, 0) is 0 Å². The number of hydrogen-bond acceptors (Lipinski definition) is 5. The largest absolute Gasteiger partial charge is 0.341 e. The van der Waals surface area contributed by atoms with Crippen LogP contribution in [-0.4, -0.2) is 56.9 Å². The molecule has 1 N–H and O–H groups in total. The van der Waals surface area contributed by atoms with Gasteiger partial charge >= 0.3 is 0 Å². The van der Waals surface area contributed by atoms with Crippen LogP contribution in [0, 0.1) is 0 Å². The number of aromatic nitrogens is 4. The summed E-state index contributed by atoms with van der Waals surface area (Å²) < 4.78 is 1.75. The number of rotatable bonds is 3. The van der Waals surface area contributed by atoms with Crippen LogP contribution in [0.1, 0.15) is 38.5 Å². The van der Waals surface area contributed by atoms with Gasteiger partial charge in [-0.15, -0.1) is 0 Å². The molecule has 0 aliphatic carbocycles. The first kappa shape index (κ1) is 18.4. The first-order valence-corrected chi connectivity index (χ1v) is 10.8. The van der Waals surface area contributed by atoms with Crippen LogP contribution in [0.3, 0.4) is 0 Å². The second kappa shape index (κ2) is 7.99. The molecule has 7 heteroatoms. The zero-order valence-electron chi connectivity index (χ0n) is 16.8. The minimum absolute atomic E-state index is 0.121. The van der Waals surface area contributed by atoms with Crippen molar-refractivity contribution in [3.8, 4) is 5.69 Å². The van der Waals surface area contributed by atoms with E-state index in [0.29, 0.717) is 23.0 Å². The summed E-state index contributed by atoms with van der Waals surface area (Å²) in [6, 6.07) is 10.4. The van der Waals surface area contributed by atoms with Gasteiger partial charge in [-0.2, -0.15) is 10.1 Å². The van der Waals surface area contributed by atoms with Crippen molar-refractivity contribution in [2.24, 2.45) is 0 Å². The second-order valence-electron chi connectivity index (χ2n) is 8.21. The highest BCUT2D eigenvalue weighted by Crippen LogP contribution is 2.23. The number of nitrogens with zero attached hydrogens (tertiary/aromatic N) is 5. The second-order valence-corrected chi connectivity index (χ2v) is 8.21. The first-order chi connectivity index (χ1) is 14.3. The fraction of sp³-hybridized carbons (Fsp3) is 0.500. The summed E-state index contributed by atoms with van der Waals surface area (Å²) >= 11 is 0. The van der Waals surface area contributed by atoms with E-state index < -0.39 is 0 Å². The number of nitrogens with one attached hydrogen (secondary N) is 1. The van der Waals surface area contributed by atoms with E-state index in [1.54, 1.807) is 10.9 Å². The van der Waals surface area contributed by atoms with Crippen molar-refractivity contribution >= 4 is 17.0 Å². The quantitative estimate of drug-likeness (QED) is 0.742. The third kappa shape index (κ3) is 3.67. The van der Waals surface area contributed by atoms with Crippen molar-refractivity contribution in [3.05, 3.63) is 46.9 Å². The van der Waals surface area contributed by atoms with Gasteiger partial charge in [0, 0.05) is 19.1 Å². The number of aromatic amines is 1. The Morgan fingerprint density at radius 3 is 2.55 bits per heavy atom. The standard InChI is InChI=1S/C22H28N6O/c29-21-19-15-23-28(17-9-4-3-5-10-17)20(19)24-22(25-21)27-14-8-11-18(16-27)26-12-6-1-2-7-13-26/h3-5,9-10,15,18H,1-2,6-8,11-14,16H2,(H,24,25,29). The lowest BCUT2D eigenvalue weighted by Gasteiger charge is -2.39. The van der Waals surface area contributed by atoms with Gasteiger partial charge in [-0.1, -0.05) is 31.0 Å². The van der Waals surface area contributed by atoms with Crippen LogP contribution in [0.25, 0.3) is 16.7 Å². The first-order valence-electron chi connectivity index (χ1n) is 10.8. The lowest BCUT2D eigenvalue weighted by Crippen LogP contribution is -2.49. The summed E-state index contributed by atoms with van der Waals surface area (Å²) in [5.41, 5.74) is 1.41. The summed E-state index contributed by atoms with van der Waals surface area (Å²) in [5, 5.41) is 4.95. The van der Waals surface area contributed by atoms with E-state index >= 15 is 0 Å². The maximum Gasteiger partial charge on any atom is 0.263 e. The van der Waals surface area contributed by atoms with E-state index in [-0.39, 0.29) is 5.56 Å². The maximum absolute atomic E-state index is 12.7. The van der Waals surface area contributed by atoms with Gasteiger partial charge in [0.1, 0.15) is 5.39 Å². The van der Waals surface area contributed by atoms with Crippen molar-refractivity contribution in [2.75, 3.05) is 31.1 Å². The van der Waals surface area contributed by atoms with Gasteiger partial charge in [-0.3, -0.25) is 14.7 Å². The highest BCUT2D eigenvalue weighted by Gasteiger charge is 2.27. The van der Waals surface area contributed by atoms with Gasteiger partial charge in [-0.25, -0.2) is 4.68 Å². The van der Waals surface area contributed by atoms with Crippen molar-refractivity contribution in [1.29, 1.82) is 0 Å². The Morgan fingerprint density at radius 1 is 0.966 bits per heavy atom. The minimum atomic E-state index is -0.121. The van der Waals surface area contributed by atoms with E-state index in [9.17, 15) is 4.79 Å². The molecular formula is C22H28N6O. The Balaban J connectivity index is 1.46. The summed E-state index contributed by atoms with van der Waals surface area (Å²) in [4.78, 5) is 25.5. The molecule has 0 saturated carbocycles. The molecule has 1 unspecified atom stereocenters. The van der Waals surface area contributed by atoms with Crippen LogP contribution in [0.4, 0.5) is 5.95 Å². The predicted molar refractivity (Wildman–Crippen MR) is 115 cm³/mol. The van der Waals surface area contributed by atoms with Crippen LogP contribution in [0.15, 0.2) is 41.3 Å². The van der Waals surface area contributed by atoms with E-state index in [0.717, 1.165) is 25.2 Å². The molecule has 0 radical (unpaired) electrons. The third-order valence-electron chi connectivity index (χ3n) is 6.28. The Morgan fingerprint density at radius 2 is 1.76 bits per heavy atom. The fourth-order valence-electron chi connectivity index (χ4n) is 4.72. The lowest BCUT2D eigenvalue weighted by atomic mass is 10.0. The van der Waals surface area contributed by atoms with Crippen LogP contribution in [0.2, 0.25) is 0 Å². The predicted octanol–water partition coefficient (Wildman–Crippen LogP) is 2.95. The van der Waals surface area contributed by atoms with Gasteiger partial charge in [0.15, 0.2) is 5.65 Å². The smallest absolute Gasteiger partial charge is 0.263 e. The number of anilines is 1. The molecule has 0 spiro atoms. The van der Waals surface area contributed by atoms with E-state index in [4.69, 9.17) is 4.98 Å². The summed E-state index contributed by atoms with van der Waals surface area (Å²) in [6.45, 7) is 4.25. The Bertz CT molecular complexity index is 1020. The van der Waals surface area contributed by atoms with Crippen molar-refractivity contribution in [1.82, 2.24) is 24.6 Å². The maximum atomic E-state index is 12.7. The van der Waals surface area contributed by atoms with Gasteiger partial charge in [0.05, 0.1) is 11.9 Å². The number of fused-ring (bicyclic) bond motifs is 1. The van der Waals surface area contributed by atoms with Gasteiger partial charge in [-0.05, 0) is 50.9 Å². The van der Waals surface area contributed by atoms with E-state index in [1.165, 1.54) is 45.2 Å². The van der Waals surface area contributed by atoms with Gasteiger partial charge < -0.3 is 4.90 Å². The zero-order chi connectivity index (χ0) is 19.6. The normalized spacial score (nSPS) is 21.4. The van der Waals surface area contributed by atoms with Crippen molar-refractivity contribution in [3.63, 3.8) is 0 Å². The van der Waals surface area contributed by atoms with Crippen LogP contribution >= 0.6 is 0 Å². The molecule has 2 aliphatic rings. The average Bonchev–Trinajstić information content (AvgIpc) is 3.01. The number of para-hydroxylation sites is 1. The van der Waals surface area contributed by atoms with Crippen LogP contribution in [0.5, 0.6) is 0 Å². The minimum Gasteiger partial charge on any atom is -0.341 e. The SMILES string of the molecule is O=c1[nH]c(N2CCCC(N3CCCCCC3)C2)nc2c1cnn2-c1ccccc1. The third-order valence-corrected chi connectivity index (χ3v) is 6.28. The average molecular weight is 393 g/mol. The molecule has 7 nitrogen and oxygen atoms in total. The Hall–Kier alpha value is -2.67. The molecule has 3 aromatic rings. The summed E-state index contributed by atoms with van der Waals surface area (Å²) in [7, 11) is 0. The number of hydrogen-bond donors (Lipinski definition) is 1. The topological polar surface area (TPSA) is 70.1 Å². The molecular weight excluding hydrogens is 364 g/mol. The molecule has 2 saturated heterocycles. The fourth-order valence-corrected chi connectivity index (χ4v) is 4.72. The zero-order valence-corrected chi connectivity index (χ0v) is 16.8. The number of likely N-dealkylation sites (tertiary alicyclic amines) is 1. The molecule has 2 aromatic heterocycles. The molecule has 4 heterocycles. The molecule has 1 atom stereocenters. The van der Waals surface area contributed by atoms with Crippen molar-refractivity contribution in [2.45, 2.75) is 44.6 Å². The number of piperidine rings is 1. The Labute approximate surface area is 170 Å². The summed E-state index contributed by atoms with van der Waals surface area (Å²) in [5.74, 6) is 0.666. The lowest BCUT2D eigenvalue weighted by molar-refractivity contribution is 0.181. The number of H-pyrrole nitrogens is 1. The van der Waals surface area contributed by atoms with Gasteiger partial charge in [0.25, 0.3) is 5.56 Å². The molecule has 5 rings (SSSR count). The molecule has 2 fully saturated rings. The van der Waals surface area contributed by atoms with E-state index in [2.05, 4.69) is 19.9 Å². The molecule has 0 amide bonds. The van der Waals surface area contributed by atoms with E-state index in [1.807, 2.05) is 30.3 Å². The van der Waals surface area contributed by atoms with Crippen molar-refractivity contribution < 1.29 is 0 Å². The Kier molecular flexibility index (Phi) is 5.06. The highest BCUT2D eigenvalue weighted by atomic mass is 16.1. The highest BCUT2D eigenvalue weighted by molar-refractivity contribution is 5.76. The molecule has 2 aliphatic heterocycles. The molecule has 152 valence electrons. The summed E-state index contributed by atoms with van der Waals surface area (Å²) in [6.07, 6.45) is 9.26.